The lowest BCUT2D eigenvalue weighted by atomic mass is 10.1. The number of para-hydroxylation sites is 1. The van der Waals surface area contributed by atoms with E-state index in [1.54, 1.807) is 49.6 Å². The molecule has 0 saturated heterocycles. The first-order valence-electron chi connectivity index (χ1n) is 9.21. The maximum absolute atomic E-state index is 12.6. The molecule has 0 fully saturated rings. The molecule has 0 spiro atoms. The minimum atomic E-state index is -0.643. The maximum atomic E-state index is 12.6. The number of hydrogen-bond donors (Lipinski definition) is 2. The van der Waals surface area contributed by atoms with E-state index in [2.05, 4.69) is 15.8 Å². The van der Waals surface area contributed by atoms with E-state index in [-0.39, 0.29) is 27.5 Å². The summed E-state index contributed by atoms with van der Waals surface area (Å²) in [5, 5.41) is 17.3. The van der Waals surface area contributed by atoms with E-state index in [4.69, 9.17) is 16.3 Å². The normalized spacial score (nSPS) is 10.6. The molecule has 3 aromatic carbocycles. The number of methoxy groups -OCH3 is 1. The van der Waals surface area contributed by atoms with Gasteiger partial charge in [0.15, 0.2) is 0 Å². The van der Waals surface area contributed by atoms with Crippen LogP contribution in [0.4, 0.5) is 11.4 Å². The van der Waals surface area contributed by atoms with E-state index in [0.717, 1.165) is 11.6 Å². The SMILES string of the molecule is COc1cccc(C=NNC(=O)c2ccccc2NC(=O)c2ccc([N+](=O)[O-])c(Cl)c2)c1. The molecule has 0 atom stereocenters. The van der Waals surface area contributed by atoms with Crippen molar-refractivity contribution in [1.82, 2.24) is 5.43 Å². The topological polar surface area (TPSA) is 123 Å². The second kappa shape index (κ2) is 10.2. The number of ether oxygens (including phenoxy) is 1. The Morgan fingerprint density at radius 2 is 1.84 bits per heavy atom. The fourth-order valence-corrected chi connectivity index (χ4v) is 2.98. The number of hydrazone groups is 1. The van der Waals surface area contributed by atoms with E-state index in [9.17, 15) is 19.7 Å². The lowest BCUT2D eigenvalue weighted by Crippen LogP contribution is -2.21. The molecule has 0 heterocycles. The summed E-state index contributed by atoms with van der Waals surface area (Å²) in [6.07, 6.45) is 1.46. The first-order chi connectivity index (χ1) is 15.4. The summed E-state index contributed by atoms with van der Waals surface area (Å²) in [5.74, 6) is -0.469. The van der Waals surface area contributed by atoms with Crippen LogP contribution in [0.15, 0.2) is 71.8 Å². The van der Waals surface area contributed by atoms with Crippen molar-refractivity contribution < 1.29 is 19.2 Å². The molecule has 0 aliphatic heterocycles. The number of carbonyl (C=O) groups excluding carboxylic acids is 2. The third-order valence-corrected chi connectivity index (χ3v) is 4.60. The van der Waals surface area contributed by atoms with Gasteiger partial charge in [0.1, 0.15) is 10.8 Å². The van der Waals surface area contributed by atoms with E-state index < -0.39 is 16.7 Å². The number of nitrogens with one attached hydrogen (secondary N) is 2. The number of anilines is 1. The number of amides is 2. The molecule has 2 N–H and O–H groups in total. The van der Waals surface area contributed by atoms with Gasteiger partial charge >= 0.3 is 0 Å². The van der Waals surface area contributed by atoms with Crippen molar-refractivity contribution in [3.8, 4) is 5.75 Å². The summed E-state index contributed by atoms with van der Waals surface area (Å²) in [7, 11) is 1.55. The molecule has 0 radical (unpaired) electrons. The highest BCUT2D eigenvalue weighted by atomic mass is 35.5. The van der Waals surface area contributed by atoms with Gasteiger partial charge in [-0.05, 0) is 42.0 Å². The average molecular weight is 453 g/mol. The molecule has 9 nitrogen and oxygen atoms in total. The quantitative estimate of drug-likeness (QED) is 0.315. The molecular weight excluding hydrogens is 436 g/mol. The Bertz CT molecular complexity index is 1210. The van der Waals surface area contributed by atoms with Gasteiger partial charge in [-0.1, -0.05) is 35.9 Å². The van der Waals surface area contributed by atoms with Crippen LogP contribution in [0.1, 0.15) is 26.3 Å². The standard InChI is InChI=1S/C22H17ClN4O5/c1-32-16-6-4-5-14(11-16)13-24-26-22(29)17-7-2-3-8-19(17)25-21(28)15-9-10-20(27(30)31)18(23)12-15/h2-13H,1H3,(H,25,28)(H,26,29). The van der Waals surface area contributed by atoms with Crippen molar-refractivity contribution in [2.75, 3.05) is 12.4 Å². The Kier molecular flexibility index (Phi) is 7.14. The highest BCUT2D eigenvalue weighted by Gasteiger charge is 2.17. The number of rotatable bonds is 7. The zero-order valence-electron chi connectivity index (χ0n) is 16.7. The monoisotopic (exact) mass is 452 g/mol. The number of carbonyl (C=O) groups is 2. The predicted molar refractivity (Wildman–Crippen MR) is 121 cm³/mol. The first kappa shape index (κ1) is 22.4. The van der Waals surface area contributed by atoms with E-state index in [0.29, 0.717) is 5.75 Å². The zero-order chi connectivity index (χ0) is 23.1. The van der Waals surface area contributed by atoms with Gasteiger partial charge in [-0.3, -0.25) is 19.7 Å². The van der Waals surface area contributed by atoms with Gasteiger partial charge in [0.2, 0.25) is 0 Å². The van der Waals surface area contributed by atoms with Gasteiger partial charge in [0, 0.05) is 11.6 Å². The van der Waals surface area contributed by atoms with Gasteiger partial charge in [-0.15, -0.1) is 0 Å². The second-order valence-corrected chi connectivity index (χ2v) is 6.81. The molecule has 0 bridgehead atoms. The molecule has 0 aromatic heterocycles. The van der Waals surface area contributed by atoms with Crippen LogP contribution < -0.4 is 15.5 Å². The third-order valence-electron chi connectivity index (χ3n) is 4.30. The second-order valence-electron chi connectivity index (χ2n) is 6.40. The van der Waals surface area contributed by atoms with Crippen LogP contribution in [-0.4, -0.2) is 30.1 Å². The first-order valence-corrected chi connectivity index (χ1v) is 9.58. The summed E-state index contributed by atoms with van der Waals surface area (Å²) in [6.45, 7) is 0. The molecule has 3 aromatic rings. The smallest absolute Gasteiger partial charge is 0.287 e. The van der Waals surface area contributed by atoms with Crippen molar-refractivity contribution in [2.45, 2.75) is 0 Å². The Hall–Kier alpha value is -4.24. The molecule has 3 rings (SSSR count). The summed E-state index contributed by atoms with van der Waals surface area (Å²) in [4.78, 5) is 35.4. The molecule has 0 aliphatic rings. The average Bonchev–Trinajstić information content (AvgIpc) is 2.79. The fraction of sp³-hybridized carbons (Fsp3) is 0.0455. The third kappa shape index (κ3) is 5.46. The van der Waals surface area contributed by atoms with E-state index >= 15 is 0 Å². The van der Waals surface area contributed by atoms with Crippen molar-refractivity contribution in [2.24, 2.45) is 5.10 Å². The number of benzene rings is 3. The van der Waals surface area contributed by atoms with Gasteiger partial charge in [0.05, 0.1) is 29.5 Å². The number of nitro groups is 1. The predicted octanol–water partition coefficient (Wildman–Crippen LogP) is 4.27. The number of hydrogen-bond acceptors (Lipinski definition) is 6. The Labute approximate surface area is 187 Å². The van der Waals surface area contributed by atoms with Crippen LogP contribution >= 0.6 is 11.6 Å². The van der Waals surface area contributed by atoms with Crippen molar-refractivity contribution >= 4 is 41.0 Å². The summed E-state index contributed by atoms with van der Waals surface area (Å²) >= 11 is 5.87. The number of nitrogens with zero attached hydrogens (tertiary/aromatic N) is 2. The van der Waals surface area contributed by atoms with E-state index in [1.165, 1.54) is 24.4 Å². The number of nitro benzene ring substituents is 1. The summed E-state index contributed by atoms with van der Waals surface area (Å²) in [5.41, 5.74) is 3.34. The zero-order valence-corrected chi connectivity index (χ0v) is 17.5. The molecule has 2 amide bonds. The number of halogens is 1. The van der Waals surface area contributed by atoms with Crippen LogP contribution in [0.2, 0.25) is 5.02 Å². The molecule has 32 heavy (non-hydrogen) atoms. The largest absolute Gasteiger partial charge is 0.497 e. The Morgan fingerprint density at radius 1 is 1.06 bits per heavy atom. The van der Waals surface area contributed by atoms with Crippen LogP contribution in [0.5, 0.6) is 5.75 Å². The van der Waals surface area contributed by atoms with Gasteiger partial charge in [-0.2, -0.15) is 5.10 Å². The van der Waals surface area contributed by atoms with Gasteiger partial charge in [-0.25, -0.2) is 5.43 Å². The van der Waals surface area contributed by atoms with Crippen LogP contribution in [0.3, 0.4) is 0 Å². The Balaban J connectivity index is 1.73. The summed E-state index contributed by atoms with van der Waals surface area (Å²) < 4.78 is 5.14. The molecule has 162 valence electrons. The minimum absolute atomic E-state index is 0.104. The highest BCUT2D eigenvalue weighted by Crippen LogP contribution is 2.25. The Morgan fingerprint density at radius 3 is 2.56 bits per heavy atom. The molecular formula is C22H17ClN4O5. The molecule has 0 unspecified atom stereocenters. The molecule has 0 aliphatic carbocycles. The van der Waals surface area contributed by atoms with Crippen molar-refractivity contribution in [1.29, 1.82) is 0 Å². The van der Waals surface area contributed by atoms with Gasteiger partial charge in [0.25, 0.3) is 17.5 Å². The van der Waals surface area contributed by atoms with Crippen molar-refractivity contribution in [3.05, 3.63) is 98.6 Å². The lowest BCUT2D eigenvalue weighted by Gasteiger charge is -2.10. The lowest BCUT2D eigenvalue weighted by molar-refractivity contribution is -0.384. The van der Waals surface area contributed by atoms with Crippen LogP contribution in [0.25, 0.3) is 0 Å². The fourth-order valence-electron chi connectivity index (χ4n) is 2.73. The van der Waals surface area contributed by atoms with Gasteiger partial charge < -0.3 is 10.1 Å². The van der Waals surface area contributed by atoms with E-state index in [1.807, 2.05) is 0 Å². The minimum Gasteiger partial charge on any atom is -0.497 e. The molecule has 0 saturated carbocycles. The van der Waals surface area contributed by atoms with Crippen LogP contribution in [0, 0.1) is 10.1 Å². The maximum Gasteiger partial charge on any atom is 0.287 e. The van der Waals surface area contributed by atoms with Crippen LogP contribution in [-0.2, 0) is 0 Å². The highest BCUT2D eigenvalue weighted by molar-refractivity contribution is 6.33. The van der Waals surface area contributed by atoms with Crippen molar-refractivity contribution in [3.63, 3.8) is 0 Å². The molecule has 10 heteroatoms. The summed E-state index contributed by atoms with van der Waals surface area (Å²) in [6, 6.07) is 17.1.